The first-order valence-electron chi connectivity index (χ1n) is 5.73. The number of alkyl halides is 3. The van der Waals surface area contributed by atoms with Crippen molar-refractivity contribution in [1.29, 1.82) is 0 Å². The molecule has 0 N–H and O–H groups in total. The van der Waals surface area contributed by atoms with Crippen LogP contribution in [0.15, 0.2) is 20.2 Å². The SMILES string of the molecule is CC(C)OC(=O)c1cc(C(F)(F)F)cs1.O=C=NS(=O)(=O)N=C=O. The third kappa shape index (κ3) is 8.34. The van der Waals surface area contributed by atoms with Crippen LogP contribution < -0.4 is 0 Å². The van der Waals surface area contributed by atoms with E-state index in [4.69, 9.17) is 4.74 Å². The lowest BCUT2D eigenvalue weighted by Crippen LogP contribution is -2.10. The van der Waals surface area contributed by atoms with Gasteiger partial charge in [-0.25, -0.2) is 14.4 Å². The van der Waals surface area contributed by atoms with E-state index < -0.39 is 27.9 Å². The maximum absolute atomic E-state index is 12.2. The molecule has 0 aliphatic rings. The first-order chi connectivity index (χ1) is 10.9. The molecule has 0 unspecified atom stereocenters. The van der Waals surface area contributed by atoms with Gasteiger partial charge in [-0.15, -0.1) is 11.3 Å². The van der Waals surface area contributed by atoms with E-state index in [1.165, 1.54) is 0 Å². The second kappa shape index (κ2) is 9.08. The minimum Gasteiger partial charge on any atom is -0.459 e. The van der Waals surface area contributed by atoms with E-state index in [-0.39, 0.29) is 11.0 Å². The van der Waals surface area contributed by atoms with Gasteiger partial charge in [0.15, 0.2) is 0 Å². The molecule has 1 rings (SSSR count). The molecule has 0 saturated heterocycles. The Morgan fingerprint density at radius 1 is 1.25 bits per heavy atom. The van der Waals surface area contributed by atoms with Crippen molar-refractivity contribution in [2.75, 3.05) is 0 Å². The number of rotatable bonds is 4. The van der Waals surface area contributed by atoms with Crippen LogP contribution in [0.25, 0.3) is 0 Å². The molecular formula is C11H9F3N2O6S2. The molecule has 0 amide bonds. The zero-order valence-electron chi connectivity index (χ0n) is 12.0. The number of esters is 1. The van der Waals surface area contributed by atoms with Gasteiger partial charge in [0.2, 0.25) is 0 Å². The second-order valence-electron chi connectivity index (χ2n) is 3.96. The zero-order chi connectivity index (χ0) is 19.0. The van der Waals surface area contributed by atoms with Gasteiger partial charge >= 0.3 is 22.4 Å². The molecule has 0 saturated carbocycles. The molecular weight excluding hydrogens is 377 g/mol. The predicted octanol–water partition coefficient (Wildman–Crippen LogP) is 2.23. The summed E-state index contributed by atoms with van der Waals surface area (Å²) in [6.07, 6.45) is -3.33. The lowest BCUT2D eigenvalue weighted by atomic mass is 10.3. The molecule has 0 spiro atoms. The molecule has 0 aliphatic heterocycles. The minimum absolute atomic E-state index is 0.0315. The number of ether oxygens (including phenoxy) is 1. The zero-order valence-corrected chi connectivity index (χ0v) is 13.7. The number of carbonyl (C=O) groups is 1. The summed E-state index contributed by atoms with van der Waals surface area (Å²) < 4.78 is 65.6. The average Bonchev–Trinajstić information content (AvgIpc) is 2.87. The van der Waals surface area contributed by atoms with Gasteiger partial charge < -0.3 is 4.74 Å². The van der Waals surface area contributed by atoms with Crippen LogP contribution in [0.1, 0.15) is 29.1 Å². The standard InChI is InChI=1S/C9H9F3O2S.C2N2O4S/c1-5(2)14-8(13)7-3-6(4-15-7)9(10,11)12;5-1-3-9(7,8)4-2-6/h3-5H,1-2H3;. The fraction of sp³-hybridized carbons (Fsp3) is 0.364. The van der Waals surface area contributed by atoms with E-state index in [2.05, 4.69) is 8.80 Å². The molecule has 132 valence electrons. The Morgan fingerprint density at radius 3 is 2.08 bits per heavy atom. The molecule has 1 heterocycles. The Labute approximate surface area is 137 Å². The van der Waals surface area contributed by atoms with Crippen LogP contribution in [-0.4, -0.2) is 32.7 Å². The van der Waals surface area contributed by atoms with Crippen LogP contribution in [-0.2, 0) is 30.7 Å². The van der Waals surface area contributed by atoms with E-state index in [1.54, 1.807) is 13.8 Å². The summed E-state index contributed by atoms with van der Waals surface area (Å²) in [5.74, 6) is -0.717. The van der Waals surface area contributed by atoms with Crippen LogP contribution in [0.3, 0.4) is 0 Å². The number of nitrogens with zero attached hydrogens (tertiary/aromatic N) is 2. The molecule has 0 aromatic carbocycles. The normalized spacial score (nSPS) is 10.8. The first kappa shape index (κ1) is 21.7. The van der Waals surface area contributed by atoms with Gasteiger partial charge in [-0.2, -0.15) is 21.6 Å². The average molecular weight is 386 g/mol. The number of hydrogen-bond acceptors (Lipinski definition) is 7. The van der Waals surface area contributed by atoms with Crippen LogP contribution in [0.4, 0.5) is 13.2 Å². The summed E-state index contributed by atoms with van der Waals surface area (Å²) in [7, 11) is -4.28. The van der Waals surface area contributed by atoms with Crippen LogP contribution in [0.5, 0.6) is 0 Å². The van der Waals surface area contributed by atoms with E-state index >= 15 is 0 Å². The van der Waals surface area contributed by atoms with Crippen molar-refractivity contribution >= 4 is 39.7 Å². The molecule has 0 fully saturated rings. The fourth-order valence-electron chi connectivity index (χ4n) is 0.979. The molecule has 0 aliphatic carbocycles. The van der Waals surface area contributed by atoms with E-state index in [0.717, 1.165) is 22.8 Å². The molecule has 24 heavy (non-hydrogen) atoms. The van der Waals surface area contributed by atoms with Gasteiger partial charge in [-0.3, -0.25) is 0 Å². The molecule has 0 bridgehead atoms. The van der Waals surface area contributed by atoms with Crippen LogP contribution in [0.2, 0.25) is 0 Å². The topological polar surface area (TPSA) is 119 Å². The Morgan fingerprint density at radius 2 is 1.75 bits per heavy atom. The number of hydrogen-bond donors (Lipinski definition) is 0. The second-order valence-corrected chi connectivity index (χ2v) is 6.14. The van der Waals surface area contributed by atoms with Crippen molar-refractivity contribution in [3.8, 4) is 0 Å². The van der Waals surface area contributed by atoms with Crippen molar-refractivity contribution in [2.24, 2.45) is 8.80 Å². The maximum Gasteiger partial charge on any atom is 0.417 e. The number of isocyanates is 2. The molecule has 1 aromatic rings. The summed E-state index contributed by atoms with van der Waals surface area (Å²) in [5, 5.41) is 0.900. The number of thiophene rings is 1. The van der Waals surface area contributed by atoms with Gasteiger partial charge in [-0.1, -0.05) is 8.80 Å². The molecule has 8 nitrogen and oxygen atoms in total. The monoisotopic (exact) mass is 386 g/mol. The van der Waals surface area contributed by atoms with Crippen molar-refractivity contribution < 1.29 is 40.7 Å². The van der Waals surface area contributed by atoms with Gasteiger partial charge in [-0.05, 0) is 19.9 Å². The Kier molecular flexibility index (Phi) is 8.20. The minimum atomic E-state index is -4.41. The van der Waals surface area contributed by atoms with Gasteiger partial charge in [0.05, 0.1) is 11.7 Å². The van der Waals surface area contributed by atoms with Crippen molar-refractivity contribution in [3.63, 3.8) is 0 Å². The number of carbonyl (C=O) groups excluding carboxylic acids is 3. The van der Waals surface area contributed by atoms with Crippen molar-refractivity contribution in [1.82, 2.24) is 0 Å². The van der Waals surface area contributed by atoms with Gasteiger partial charge in [0, 0.05) is 5.38 Å². The van der Waals surface area contributed by atoms with Crippen LogP contribution in [0, 0.1) is 0 Å². The lowest BCUT2D eigenvalue weighted by molar-refractivity contribution is -0.137. The Balaban J connectivity index is 0.000000506. The smallest absolute Gasteiger partial charge is 0.417 e. The number of halogens is 3. The third-order valence-electron chi connectivity index (χ3n) is 1.78. The summed E-state index contributed by atoms with van der Waals surface area (Å²) in [4.78, 5) is 29.7. The molecule has 0 atom stereocenters. The van der Waals surface area contributed by atoms with E-state index in [9.17, 15) is 36.0 Å². The highest BCUT2D eigenvalue weighted by Gasteiger charge is 2.32. The van der Waals surface area contributed by atoms with Gasteiger partial charge in [0.25, 0.3) is 12.2 Å². The Bertz CT molecular complexity index is 748. The summed E-state index contributed by atoms with van der Waals surface area (Å²) in [5.41, 5.74) is -0.816. The summed E-state index contributed by atoms with van der Waals surface area (Å²) >= 11 is 0.732. The molecule has 0 radical (unpaired) electrons. The van der Waals surface area contributed by atoms with E-state index in [1.807, 2.05) is 0 Å². The molecule has 13 heteroatoms. The van der Waals surface area contributed by atoms with Gasteiger partial charge in [0.1, 0.15) is 4.88 Å². The van der Waals surface area contributed by atoms with Crippen LogP contribution >= 0.6 is 11.3 Å². The lowest BCUT2D eigenvalue weighted by Gasteiger charge is -2.05. The molecule has 1 aromatic heterocycles. The third-order valence-corrected chi connectivity index (χ3v) is 3.30. The Hall–Kier alpha value is -2.33. The van der Waals surface area contributed by atoms with Crippen molar-refractivity contribution in [2.45, 2.75) is 26.1 Å². The van der Waals surface area contributed by atoms with Crippen molar-refractivity contribution in [3.05, 3.63) is 21.9 Å². The summed E-state index contributed by atoms with van der Waals surface area (Å²) in [6, 6.07) is 0.801. The fourth-order valence-corrected chi connectivity index (χ4v) is 2.00. The van der Waals surface area contributed by atoms with E-state index in [0.29, 0.717) is 12.2 Å². The highest BCUT2D eigenvalue weighted by molar-refractivity contribution is 7.89. The quantitative estimate of drug-likeness (QED) is 0.445. The maximum atomic E-state index is 12.2. The first-order valence-corrected chi connectivity index (χ1v) is 8.00. The highest BCUT2D eigenvalue weighted by atomic mass is 32.2. The highest BCUT2D eigenvalue weighted by Crippen LogP contribution is 2.32. The largest absolute Gasteiger partial charge is 0.459 e. The predicted molar refractivity (Wildman–Crippen MR) is 75.0 cm³/mol. The summed E-state index contributed by atoms with van der Waals surface area (Å²) in [6.45, 7) is 3.27.